The number of nitrogens with one attached hydrogen (secondary N) is 4. The molecule has 8 nitrogen and oxygen atoms in total. The van der Waals surface area contributed by atoms with Crippen molar-refractivity contribution in [1.29, 1.82) is 0 Å². The summed E-state index contributed by atoms with van der Waals surface area (Å²) >= 11 is 12.0. The number of benzene rings is 2. The Morgan fingerprint density at radius 2 is 1.67 bits per heavy atom. The van der Waals surface area contributed by atoms with Gasteiger partial charge in [0.25, 0.3) is 0 Å². The van der Waals surface area contributed by atoms with Crippen LogP contribution in [0.5, 0.6) is 0 Å². The van der Waals surface area contributed by atoms with Crippen molar-refractivity contribution in [1.82, 2.24) is 19.9 Å². The molecule has 160 valence electrons. The summed E-state index contributed by atoms with van der Waals surface area (Å²) in [5.74, 6) is 0.808. The van der Waals surface area contributed by atoms with E-state index in [1.54, 1.807) is 63.2 Å². The molecule has 0 radical (unpaired) electrons. The first-order valence-electron chi connectivity index (χ1n) is 9.02. The normalized spacial score (nSPS) is 12.0. The first kappa shape index (κ1) is 22.4. The summed E-state index contributed by atoms with van der Waals surface area (Å²) in [7, 11) is -3.56. The van der Waals surface area contributed by atoms with Crippen LogP contribution in [0.1, 0.15) is 26.3 Å². The van der Waals surface area contributed by atoms with Gasteiger partial charge in [0, 0.05) is 27.8 Å². The first-order chi connectivity index (χ1) is 14.0. The SMILES string of the molecule is CC(C)(C)NS(=O)(=O)c1ccc(CNc2nc(Nc3cc(Cl)cc(Cl)c3)n[nH]2)cc1. The number of aromatic nitrogens is 3. The number of halogens is 2. The monoisotopic (exact) mass is 468 g/mol. The Morgan fingerprint density at radius 3 is 2.27 bits per heavy atom. The average molecular weight is 469 g/mol. The molecule has 0 spiro atoms. The van der Waals surface area contributed by atoms with E-state index in [0.717, 1.165) is 5.56 Å². The summed E-state index contributed by atoms with van der Waals surface area (Å²) in [6.07, 6.45) is 0. The highest BCUT2D eigenvalue weighted by Crippen LogP contribution is 2.24. The van der Waals surface area contributed by atoms with Crippen LogP contribution < -0.4 is 15.4 Å². The van der Waals surface area contributed by atoms with Crippen molar-refractivity contribution in [2.45, 2.75) is 37.8 Å². The lowest BCUT2D eigenvalue weighted by Gasteiger charge is -2.20. The minimum atomic E-state index is -3.56. The minimum absolute atomic E-state index is 0.215. The van der Waals surface area contributed by atoms with Crippen LogP contribution in [0.25, 0.3) is 0 Å². The maximum atomic E-state index is 12.4. The van der Waals surface area contributed by atoms with E-state index in [2.05, 4.69) is 30.5 Å². The van der Waals surface area contributed by atoms with Crippen molar-refractivity contribution in [3.8, 4) is 0 Å². The van der Waals surface area contributed by atoms with Gasteiger partial charge in [-0.05, 0) is 56.7 Å². The van der Waals surface area contributed by atoms with Crippen LogP contribution in [0.4, 0.5) is 17.6 Å². The third-order valence-corrected chi connectivity index (χ3v) is 5.95. The van der Waals surface area contributed by atoms with E-state index >= 15 is 0 Å². The van der Waals surface area contributed by atoms with Crippen LogP contribution in [0.2, 0.25) is 10.0 Å². The second-order valence-electron chi connectivity index (χ2n) is 7.64. The zero-order chi connectivity index (χ0) is 21.9. The molecule has 0 aliphatic carbocycles. The minimum Gasteiger partial charge on any atom is -0.350 e. The topological polar surface area (TPSA) is 112 Å². The Labute approximate surface area is 185 Å². The van der Waals surface area contributed by atoms with Crippen LogP contribution >= 0.6 is 23.2 Å². The smallest absolute Gasteiger partial charge is 0.248 e. The summed E-state index contributed by atoms with van der Waals surface area (Å²) in [6, 6.07) is 11.7. The summed E-state index contributed by atoms with van der Waals surface area (Å²) in [4.78, 5) is 4.51. The van der Waals surface area contributed by atoms with Gasteiger partial charge in [-0.15, -0.1) is 5.10 Å². The number of anilines is 3. The zero-order valence-corrected chi connectivity index (χ0v) is 19.0. The molecular weight excluding hydrogens is 447 g/mol. The zero-order valence-electron chi connectivity index (χ0n) is 16.6. The van der Waals surface area contributed by atoms with Gasteiger partial charge in [-0.3, -0.25) is 0 Å². The van der Waals surface area contributed by atoms with Gasteiger partial charge < -0.3 is 10.6 Å². The molecule has 11 heteroatoms. The summed E-state index contributed by atoms with van der Waals surface area (Å²) in [5, 5.41) is 14.0. The van der Waals surface area contributed by atoms with Gasteiger partial charge in [-0.1, -0.05) is 35.3 Å². The largest absolute Gasteiger partial charge is 0.350 e. The van der Waals surface area contributed by atoms with Crippen LogP contribution in [-0.2, 0) is 16.6 Å². The Hall–Kier alpha value is -2.33. The number of H-pyrrole nitrogens is 1. The molecule has 30 heavy (non-hydrogen) atoms. The molecule has 1 aromatic heterocycles. The van der Waals surface area contributed by atoms with Crippen molar-refractivity contribution < 1.29 is 8.42 Å². The Balaban J connectivity index is 1.60. The van der Waals surface area contributed by atoms with E-state index < -0.39 is 15.6 Å². The van der Waals surface area contributed by atoms with Crippen molar-refractivity contribution in [2.24, 2.45) is 0 Å². The lowest BCUT2D eigenvalue weighted by molar-refractivity contribution is 0.491. The second-order valence-corrected chi connectivity index (χ2v) is 10.2. The number of rotatable bonds is 7. The molecule has 3 aromatic rings. The van der Waals surface area contributed by atoms with Gasteiger partial charge >= 0.3 is 0 Å². The fourth-order valence-electron chi connectivity index (χ4n) is 2.59. The van der Waals surface area contributed by atoms with Crippen LogP contribution in [0, 0.1) is 0 Å². The van der Waals surface area contributed by atoms with Gasteiger partial charge in [0.15, 0.2) is 0 Å². The Bertz CT molecular complexity index is 1100. The van der Waals surface area contributed by atoms with Gasteiger partial charge in [0.1, 0.15) is 0 Å². The Kier molecular flexibility index (Phi) is 6.56. The quantitative estimate of drug-likeness (QED) is 0.404. The molecule has 4 N–H and O–H groups in total. The van der Waals surface area contributed by atoms with Gasteiger partial charge in [0.05, 0.1) is 4.90 Å². The predicted molar refractivity (Wildman–Crippen MR) is 120 cm³/mol. The molecule has 0 unspecified atom stereocenters. The maximum absolute atomic E-state index is 12.4. The fourth-order valence-corrected chi connectivity index (χ4v) is 4.53. The molecule has 0 aliphatic heterocycles. The highest BCUT2D eigenvalue weighted by atomic mass is 35.5. The number of hydrogen-bond acceptors (Lipinski definition) is 6. The molecule has 1 heterocycles. The lowest BCUT2D eigenvalue weighted by atomic mass is 10.1. The molecule has 0 saturated heterocycles. The molecular formula is C19H22Cl2N6O2S. The summed E-state index contributed by atoms with van der Waals surface area (Å²) in [6.45, 7) is 5.82. The molecule has 0 saturated carbocycles. The number of sulfonamides is 1. The summed E-state index contributed by atoms with van der Waals surface area (Å²) < 4.78 is 27.3. The van der Waals surface area contributed by atoms with E-state index in [1.807, 2.05) is 0 Å². The number of aromatic amines is 1. The van der Waals surface area contributed by atoms with Crippen LogP contribution in [-0.4, -0.2) is 29.1 Å². The average Bonchev–Trinajstić information content (AvgIpc) is 3.05. The fraction of sp³-hybridized carbons (Fsp3) is 0.263. The van der Waals surface area contributed by atoms with Gasteiger partial charge in [0.2, 0.25) is 21.9 Å². The van der Waals surface area contributed by atoms with Crippen molar-refractivity contribution in [3.63, 3.8) is 0 Å². The molecule has 0 bridgehead atoms. The van der Waals surface area contributed by atoms with Gasteiger partial charge in [-0.2, -0.15) is 4.98 Å². The number of nitrogens with zero attached hydrogens (tertiary/aromatic N) is 2. The molecule has 0 fully saturated rings. The Morgan fingerprint density at radius 1 is 1.03 bits per heavy atom. The van der Waals surface area contributed by atoms with Crippen LogP contribution in [0.3, 0.4) is 0 Å². The molecule has 0 amide bonds. The van der Waals surface area contributed by atoms with E-state index in [4.69, 9.17) is 23.2 Å². The standard InChI is InChI=1S/C19H22Cl2N6O2S/c1-19(2,3)27-30(28,29)16-6-4-12(5-7-16)11-22-17-24-18(26-25-17)23-15-9-13(20)8-14(21)10-15/h4-10,27H,11H2,1-3H3,(H3,22,23,24,25,26). The summed E-state index contributed by atoms with van der Waals surface area (Å²) in [5.41, 5.74) is 1.00. The highest BCUT2D eigenvalue weighted by Gasteiger charge is 2.21. The maximum Gasteiger partial charge on any atom is 0.248 e. The molecule has 2 aromatic carbocycles. The predicted octanol–water partition coefficient (Wildman–Crippen LogP) is 4.54. The van der Waals surface area contributed by atoms with E-state index in [1.165, 1.54) is 0 Å². The van der Waals surface area contributed by atoms with Crippen molar-refractivity contribution in [3.05, 3.63) is 58.1 Å². The first-order valence-corrected chi connectivity index (χ1v) is 11.3. The van der Waals surface area contributed by atoms with Crippen molar-refractivity contribution >= 4 is 50.8 Å². The molecule has 3 rings (SSSR count). The molecule has 0 atom stereocenters. The lowest BCUT2D eigenvalue weighted by Crippen LogP contribution is -2.40. The van der Waals surface area contributed by atoms with Crippen LogP contribution in [0.15, 0.2) is 47.4 Å². The third-order valence-electron chi connectivity index (χ3n) is 3.74. The van der Waals surface area contributed by atoms with Crippen molar-refractivity contribution in [2.75, 3.05) is 10.6 Å². The second kappa shape index (κ2) is 8.81. The van der Waals surface area contributed by atoms with E-state index in [9.17, 15) is 8.42 Å². The van der Waals surface area contributed by atoms with E-state index in [0.29, 0.717) is 34.2 Å². The van der Waals surface area contributed by atoms with E-state index in [-0.39, 0.29) is 4.90 Å². The molecule has 0 aliphatic rings. The highest BCUT2D eigenvalue weighted by molar-refractivity contribution is 7.89. The van der Waals surface area contributed by atoms with Gasteiger partial charge in [-0.25, -0.2) is 18.2 Å². The number of hydrogen-bond donors (Lipinski definition) is 4. The third kappa shape index (κ3) is 6.33.